The van der Waals surface area contributed by atoms with Crippen LogP contribution in [0, 0.1) is 11.8 Å². The van der Waals surface area contributed by atoms with Crippen molar-refractivity contribution in [1.82, 2.24) is 0 Å². The molecule has 1 heteroatoms. The van der Waals surface area contributed by atoms with Gasteiger partial charge in [0.1, 0.15) is 0 Å². The second-order valence-electron chi connectivity index (χ2n) is 5.26. The maximum absolute atomic E-state index is 11.9. The van der Waals surface area contributed by atoms with E-state index in [0.29, 0.717) is 0 Å². The summed E-state index contributed by atoms with van der Waals surface area (Å²) in [6.07, 6.45) is 0. The van der Waals surface area contributed by atoms with Crippen LogP contribution in [0.2, 0.25) is 0 Å². The minimum atomic E-state index is 0.0615. The summed E-state index contributed by atoms with van der Waals surface area (Å²) in [5.41, 5.74) is 4.54. The van der Waals surface area contributed by atoms with E-state index in [1.54, 1.807) is 6.92 Å². The quantitative estimate of drug-likeness (QED) is 0.483. The van der Waals surface area contributed by atoms with Gasteiger partial charge in [0.25, 0.3) is 0 Å². The van der Waals surface area contributed by atoms with E-state index in [-0.39, 0.29) is 5.78 Å². The number of Topliss-reactive ketones (excluding diaryl/α,β-unsaturated/α-hetero) is 1. The van der Waals surface area contributed by atoms with Crippen LogP contribution in [0.25, 0.3) is 11.1 Å². The highest BCUT2D eigenvalue weighted by molar-refractivity contribution is 6.01. The van der Waals surface area contributed by atoms with Gasteiger partial charge in [-0.25, -0.2) is 0 Å². The molecule has 0 spiro atoms. The number of carbonyl (C=O) groups excluding carboxylic acids is 1. The van der Waals surface area contributed by atoms with Crippen molar-refractivity contribution in [1.29, 1.82) is 0 Å². The van der Waals surface area contributed by atoms with Gasteiger partial charge in [-0.15, -0.1) is 0 Å². The first-order valence-electron chi connectivity index (χ1n) is 7.52. The van der Waals surface area contributed by atoms with Gasteiger partial charge in [0.15, 0.2) is 5.78 Å². The predicted octanol–water partition coefficient (Wildman–Crippen LogP) is 4.96. The van der Waals surface area contributed by atoms with E-state index in [1.807, 2.05) is 78.9 Å². The van der Waals surface area contributed by atoms with Crippen LogP contribution in [0.15, 0.2) is 78.9 Å². The molecular formula is C22H16O. The summed E-state index contributed by atoms with van der Waals surface area (Å²) in [5, 5.41) is 0. The van der Waals surface area contributed by atoms with Crippen molar-refractivity contribution < 1.29 is 4.79 Å². The van der Waals surface area contributed by atoms with E-state index in [4.69, 9.17) is 0 Å². The predicted molar refractivity (Wildman–Crippen MR) is 94.3 cm³/mol. The van der Waals surface area contributed by atoms with Gasteiger partial charge in [-0.1, -0.05) is 72.5 Å². The number of hydrogen-bond donors (Lipinski definition) is 0. The fraction of sp³-hybridized carbons (Fsp3) is 0.0455. The van der Waals surface area contributed by atoms with E-state index in [2.05, 4.69) is 11.8 Å². The molecule has 3 rings (SSSR count). The topological polar surface area (TPSA) is 17.1 Å². The molecule has 0 aliphatic rings. The molecule has 0 bridgehead atoms. The lowest BCUT2D eigenvalue weighted by Gasteiger charge is -2.09. The van der Waals surface area contributed by atoms with Crippen molar-refractivity contribution >= 4 is 5.78 Å². The van der Waals surface area contributed by atoms with Crippen LogP contribution in [0.1, 0.15) is 28.4 Å². The summed E-state index contributed by atoms with van der Waals surface area (Å²) in [7, 11) is 0. The Hall–Kier alpha value is -3.11. The van der Waals surface area contributed by atoms with Crippen molar-refractivity contribution in [3.05, 3.63) is 95.6 Å². The molecule has 0 saturated carbocycles. The zero-order chi connectivity index (χ0) is 16.1. The lowest BCUT2D eigenvalue weighted by Crippen LogP contribution is -1.96. The van der Waals surface area contributed by atoms with Gasteiger partial charge in [0.05, 0.1) is 0 Å². The highest BCUT2D eigenvalue weighted by Gasteiger charge is 2.10. The second kappa shape index (κ2) is 6.77. The minimum Gasteiger partial charge on any atom is -0.294 e. The lowest BCUT2D eigenvalue weighted by molar-refractivity contribution is 0.101. The van der Waals surface area contributed by atoms with E-state index in [9.17, 15) is 4.79 Å². The van der Waals surface area contributed by atoms with Gasteiger partial charge in [0.2, 0.25) is 0 Å². The van der Waals surface area contributed by atoms with Gasteiger partial charge in [-0.3, -0.25) is 4.79 Å². The van der Waals surface area contributed by atoms with E-state index < -0.39 is 0 Å². The Kier molecular flexibility index (Phi) is 4.36. The first kappa shape index (κ1) is 14.8. The highest BCUT2D eigenvalue weighted by atomic mass is 16.1. The number of rotatable bonds is 2. The van der Waals surface area contributed by atoms with Gasteiger partial charge in [-0.2, -0.15) is 0 Å². The Morgan fingerprint density at radius 2 is 1.30 bits per heavy atom. The van der Waals surface area contributed by atoms with Gasteiger partial charge >= 0.3 is 0 Å². The summed E-state index contributed by atoms with van der Waals surface area (Å²) < 4.78 is 0. The molecule has 0 atom stereocenters. The zero-order valence-corrected chi connectivity index (χ0v) is 12.9. The highest BCUT2D eigenvalue weighted by Crippen LogP contribution is 2.27. The molecule has 0 aliphatic carbocycles. The number of carbonyl (C=O) groups is 1. The Balaban J connectivity index is 2.10. The van der Waals surface area contributed by atoms with Crippen molar-refractivity contribution in [2.75, 3.05) is 0 Å². The van der Waals surface area contributed by atoms with Gasteiger partial charge < -0.3 is 0 Å². The molecule has 0 saturated heterocycles. The Morgan fingerprint density at radius 3 is 2.04 bits per heavy atom. The maximum Gasteiger partial charge on any atom is 0.160 e. The zero-order valence-electron chi connectivity index (χ0n) is 12.9. The SMILES string of the molecule is CC(=O)c1ccccc1-c1ccccc1C#Cc1ccccc1. The van der Waals surface area contributed by atoms with Crippen LogP contribution in [-0.2, 0) is 0 Å². The minimum absolute atomic E-state index is 0.0615. The largest absolute Gasteiger partial charge is 0.294 e. The molecule has 0 amide bonds. The van der Waals surface area contributed by atoms with E-state index >= 15 is 0 Å². The third-order valence-electron chi connectivity index (χ3n) is 3.64. The van der Waals surface area contributed by atoms with Crippen molar-refractivity contribution in [3.8, 4) is 23.0 Å². The van der Waals surface area contributed by atoms with Gasteiger partial charge in [0, 0.05) is 16.7 Å². The molecule has 0 radical (unpaired) electrons. The van der Waals surface area contributed by atoms with Crippen molar-refractivity contribution in [2.24, 2.45) is 0 Å². The maximum atomic E-state index is 11.9. The molecule has 1 nitrogen and oxygen atoms in total. The molecule has 110 valence electrons. The number of benzene rings is 3. The van der Waals surface area contributed by atoms with Crippen LogP contribution in [-0.4, -0.2) is 5.78 Å². The molecule has 0 heterocycles. The summed E-state index contributed by atoms with van der Waals surface area (Å²) in [6, 6.07) is 25.5. The third kappa shape index (κ3) is 3.39. The molecule has 0 unspecified atom stereocenters. The summed E-state index contributed by atoms with van der Waals surface area (Å²) in [5.74, 6) is 6.48. The molecule has 0 N–H and O–H groups in total. The number of ketones is 1. The normalized spacial score (nSPS) is 9.78. The summed E-state index contributed by atoms with van der Waals surface area (Å²) >= 11 is 0. The van der Waals surface area contributed by atoms with Crippen molar-refractivity contribution in [3.63, 3.8) is 0 Å². The standard InChI is InChI=1S/C22H16O/c1-17(23)20-12-7-8-14-22(20)21-13-6-5-11-19(21)16-15-18-9-3-2-4-10-18/h2-14H,1H3. The van der Waals surface area contributed by atoms with Crippen LogP contribution in [0.4, 0.5) is 0 Å². The molecule has 3 aromatic carbocycles. The van der Waals surface area contributed by atoms with Crippen molar-refractivity contribution in [2.45, 2.75) is 6.92 Å². The average Bonchev–Trinajstić information content (AvgIpc) is 2.61. The molecule has 0 fully saturated rings. The molecule has 23 heavy (non-hydrogen) atoms. The lowest BCUT2D eigenvalue weighted by atomic mass is 9.94. The van der Waals surface area contributed by atoms with Crippen LogP contribution in [0.3, 0.4) is 0 Å². The first-order valence-corrected chi connectivity index (χ1v) is 7.52. The second-order valence-corrected chi connectivity index (χ2v) is 5.26. The van der Waals surface area contributed by atoms with Crippen LogP contribution < -0.4 is 0 Å². The van der Waals surface area contributed by atoms with E-state index in [1.165, 1.54) is 0 Å². The smallest absolute Gasteiger partial charge is 0.160 e. The average molecular weight is 296 g/mol. The third-order valence-corrected chi connectivity index (χ3v) is 3.64. The molecule has 3 aromatic rings. The first-order chi connectivity index (χ1) is 11.3. The molecular weight excluding hydrogens is 280 g/mol. The fourth-order valence-electron chi connectivity index (χ4n) is 2.51. The van der Waals surface area contributed by atoms with E-state index in [0.717, 1.165) is 27.8 Å². The van der Waals surface area contributed by atoms with Crippen LogP contribution in [0.5, 0.6) is 0 Å². The Labute approximate surface area is 136 Å². The summed E-state index contributed by atoms with van der Waals surface area (Å²) in [4.78, 5) is 11.9. The van der Waals surface area contributed by atoms with Gasteiger partial charge in [-0.05, 0) is 36.2 Å². The Morgan fingerprint density at radius 1 is 0.696 bits per heavy atom. The monoisotopic (exact) mass is 296 g/mol. The summed E-state index contributed by atoms with van der Waals surface area (Å²) in [6.45, 7) is 1.59. The molecule has 0 aliphatic heterocycles. The fourth-order valence-corrected chi connectivity index (χ4v) is 2.51. The van der Waals surface area contributed by atoms with Crippen LogP contribution >= 0.6 is 0 Å². The molecule has 0 aromatic heterocycles. The Bertz CT molecular complexity index is 896. The number of hydrogen-bond acceptors (Lipinski definition) is 1.